The van der Waals surface area contributed by atoms with Gasteiger partial charge in [-0.2, -0.15) is 13.2 Å². The lowest BCUT2D eigenvalue weighted by molar-refractivity contribution is -0.149. The minimum Gasteiger partial charge on any atom is -0.489 e. The number of nitrogens with zero attached hydrogens (tertiary/aromatic N) is 4. The van der Waals surface area contributed by atoms with Gasteiger partial charge in [0.25, 0.3) is 29.5 Å². The van der Waals surface area contributed by atoms with E-state index >= 15 is 0 Å². The van der Waals surface area contributed by atoms with E-state index in [1.807, 2.05) is 32.9 Å². The van der Waals surface area contributed by atoms with Gasteiger partial charge in [-0.05, 0) is 126 Å². The number of likely N-dealkylation sites (N-methyl/N-ethyl adjacent to an activating group) is 1. The molecule has 19 heteroatoms. The number of likely N-dealkylation sites (tertiary alicyclic amines) is 2. The first-order valence-corrected chi connectivity index (χ1v) is 23.6. The molecular formula is C51H59F3N8O8. The van der Waals surface area contributed by atoms with Gasteiger partial charge < -0.3 is 35.6 Å². The Kier molecular flexibility index (Phi) is 16.1. The summed E-state index contributed by atoms with van der Waals surface area (Å²) >= 11 is 0. The number of para-hydroxylation sites is 1. The number of aryl methyl sites for hydroxylation is 1. The van der Waals surface area contributed by atoms with Crippen molar-refractivity contribution in [1.29, 1.82) is 0 Å². The zero-order valence-corrected chi connectivity index (χ0v) is 40.0. The Morgan fingerprint density at radius 1 is 0.857 bits per heavy atom. The van der Waals surface area contributed by atoms with Crippen LogP contribution in [0.15, 0.2) is 66.9 Å². The molecule has 0 spiro atoms. The highest BCUT2D eigenvalue weighted by Crippen LogP contribution is 2.41. The Hall–Kier alpha value is -7.02. The summed E-state index contributed by atoms with van der Waals surface area (Å²) in [7, 11) is 2.77. The number of amides is 6. The van der Waals surface area contributed by atoms with Crippen molar-refractivity contribution in [3.8, 4) is 11.5 Å². The van der Waals surface area contributed by atoms with Gasteiger partial charge in [-0.25, -0.2) is 4.98 Å². The summed E-state index contributed by atoms with van der Waals surface area (Å²) in [6.45, 7) is 8.73. The number of fused-ring (bicyclic) bond motifs is 1. The van der Waals surface area contributed by atoms with Gasteiger partial charge in [0.1, 0.15) is 23.4 Å². The second-order valence-corrected chi connectivity index (χ2v) is 18.0. The predicted octanol–water partition coefficient (Wildman–Crippen LogP) is 7.72. The summed E-state index contributed by atoms with van der Waals surface area (Å²) in [5.41, 5.74) is 1.95. The van der Waals surface area contributed by atoms with Crippen molar-refractivity contribution in [2.45, 2.75) is 96.4 Å². The minimum atomic E-state index is -4.71. The molecule has 3 aromatic carbocycles. The van der Waals surface area contributed by atoms with Crippen LogP contribution in [0.3, 0.4) is 0 Å². The largest absolute Gasteiger partial charge is 0.489 e. The van der Waals surface area contributed by atoms with E-state index in [2.05, 4.69) is 31.2 Å². The maximum atomic E-state index is 14.2. The summed E-state index contributed by atoms with van der Waals surface area (Å²) in [5, 5.41) is 11.4. The number of carbonyl (C=O) groups excluding carboxylic acids is 6. The van der Waals surface area contributed by atoms with Crippen molar-refractivity contribution in [1.82, 2.24) is 30.3 Å². The number of ether oxygens (including phenoxy) is 2. The van der Waals surface area contributed by atoms with Crippen molar-refractivity contribution in [2.24, 2.45) is 0 Å². The predicted molar refractivity (Wildman–Crippen MR) is 256 cm³/mol. The fraction of sp³-hybridized carbons (Fsp3) is 0.431. The fourth-order valence-corrected chi connectivity index (χ4v) is 9.17. The molecule has 7 rings (SSSR count). The molecule has 6 amide bonds. The Bertz CT molecular complexity index is 2630. The van der Waals surface area contributed by atoms with Crippen molar-refractivity contribution < 1.29 is 51.4 Å². The molecule has 3 aliphatic rings. The van der Waals surface area contributed by atoms with Gasteiger partial charge in [-0.1, -0.05) is 31.0 Å². The highest BCUT2D eigenvalue weighted by molar-refractivity contribution is 6.24. The van der Waals surface area contributed by atoms with Gasteiger partial charge >= 0.3 is 6.18 Å². The van der Waals surface area contributed by atoms with E-state index < -0.39 is 41.4 Å². The summed E-state index contributed by atoms with van der Waals surface area (Å²) in [6, 6.07) is 15.0. The summed E-state index contributed by atoms with van der Waals surface area (Å²) in [5.74, 6) is -2.08. The average molecular weight is 969 g/mol. The third kappa shape index (κ3) is 11.7. The molecule has 372 valence electrons. The van der Waals surface area contributed by atoms with Crippen molar-refractivity contribution in [2.75, 3.05) is 57.5 Å². The number of hydrogen-bond donors (Lipinski definition) is 4. The Balaban J connectivity index is 0.857. The van der Waals surface area contributed by atoms with Gasteiger partial charge in [0.15, 0.2) is 6.61 Å². The van der Waals surface area contributed by atoms with Gasteiger partial charge in [0.2, 0.25) is 5.91 Å². The molecule has 0 saturated carbocycles. The Morgan fingerprint density at radius 2 is 1.60 bits per heavy atom. The molecule has 4 aromatic rings. The van der Waals surface area contributed by atoms with Crippen LogP contribution in [0.1, 0.15) is 119 Å². The molecule has 1 aromatic heterocycles. The molecule has 4 N–H and O–H groups in total. The van der Waals surface area contributed by atoms with E-state index in [1.165, 1.54) is 44.4 Å². The highest BCUT2D eigenvalue weighted by Gasteiger charge is 2.47. The number of halogens is 3. The van der Waals surface area contributed by atoms with E-state index in [4.69, 9.17) is 9.47 Å². The second kappa shape index (κ2) is 22.2. The molecule has 2 fully saturated rings. The Labute approximate surface area is 404 Å². The number of pyridine rings is 1. The third-order valence-electron chi connectivity index (χ3n) is 12.8. The van der Waals surface area contributed by atoms with Crippen LogP contribution in [0, 0.1) is 6.92 Å². The average Bonchev–Trinajstić information content (AvgIpc) is 3.58. The molecule has 0 aliphatic carbocycles. The van der Waals surface area contributed by atoms with E-state index in [0.29, 0.717) is 18.0 Å². The van der Waals surface area contributed by atoms with Gasteiger partial charge in [0.05, 0.1) is 45.4 Å². The molecule has 4 heterocycles. The number of piperidine rings is 2. The number of benzene rings is 3. The molecule has 0 bridgehead atoms. The molecule has 3 aliphatic heterocycles. The van der Waals surface area contributed by atoms with Crippen LogP contribution in [-0.4, -0.2) is 114 Å². The van der Waals surface area contributed by atoms with Crippen LogP contribution in [-0.2, 0) is 20.6 Å². The molecule has 16 nitrogen and oxygen atoms in total. The molecule has 1 atom stereocenters. The maximum Gasteiger partial charge on any atom is 0.419 e. The number of anilines is 4. The van der Waals surface area contributed by atoms with Crippen LogP contribution in [0.25, 0.3) is 0 Å². The fourth-order valence-electron chi connectivity index (χ4n) is 9.17. The number of unbranched alkanes of at least 4 members (excludes halogenated alkanes) is 3. The van der Waals surface area contributed by atoms with E-state index in [0.717, 1.165) is 85.3 Å². The number of aromatic nitrogens is 1. The minimum absolute atomic E-state index is 0.00631. The van der Waals surface area contributed by atoms with E-state index in [9.17, 15) is 41.9 Å². The topological polar surface area (TPSA) is 192 Å². The van der Waals surface area contributed by atoms with Crippen LogP contribution in [0.5, 0.6) is 11.5 Å². The van der Waals surface area contributed by atoms with Crippen LogP contribution in [0.2, 0.25) is 0 Å². The van der Waals surface area contributed by atoms with E-state index in [-0.39, 0.29) is 82.9 Å². The lowest BCUT2D eigenvalue weighted by Crippen LogP contribution is -2.54. The quantitative estimate of drug-likeness (QED) is 0.0530. The summed E-state index contributed by atoms with van der Waals surface area (Å²) in [6.07, 6.45) is 1.52. The second-order valence-electron chi connectivity index (χ2n) is 18.0. The van der Waals surface area contributed by atoms with Gasteiger partial charge in [0, 0.05) is 39.3 Å². The number of alkyl halides is 3. The first kappa shape index (κ1) is 50.8. The smallest absolute Gasteiger partial charge is 0.419 e. The van der Waals surface area contributed by atoms with Crippen molar-refractivity contribution >= 4 is 58.3 Å². The molecule has 2 saturated heterocycles. The number of imide groups is 2. The molecular weight excluding hydrogens is 910 g/mol. The number of rotatable bonds is 19. The lowest BCUT2D eigenvalue weighted by Gasteiger charge is -2.33. The zero-order valence-electron chi connectivity index (χ0n) is 40.0. The Morgan fingerprint density at radius 3 is 2.33 bits per heavy atom. The van der Waals surface area contributed by atoms with E-state index in [1.54, 1.807) is 18.2 Å². The first-order chi connectivity index (χ1) is 33.4. The maximum absolute atomic E-state index is 14.2. The SMILES string of the molecule is CNC(=O)c1ccccc1Nc1cc(Nc2cc(C)c(C3CCN(CCCCCCNC(=O)COc4cccc5c4C(=O)N(C4CCC(=O)N(C)C4=O)C5=O)CC3)cc2OC(C)C)ncc1C(F)(F)F. The van der Waals surface area contributed by atoms with Crippen LogP contribution >= 0.6 is 0 Å². The molecule has 1 unspecified atom stereocenters. The monoisotopic (exact) mass is 968 g/mol. The summed E-state index contributed by atoms with van der Waals surface area (Å²) in [4.78, 5) is 84.9. The van der Waals surface area contributed by atoms with Gasteiger partial charge in [-0.15, -0.1) is 0 Å². The summed E-state index contributed by atoms with van der Waals surface area (Å²) < 4.78 is 54.6. The van der Waals surface area contributed by atoms with Gasteiger partial charge in [-0.3, -0.25) is 38.6 Å². The number of carbonyl (C=O) groups is 6. The van der Waals surface area contributed by atoms with Crippen molar-refractivity contribution in [3.63, 3.8) is 0 Å². The normalized spacial score (nSPS) is 16.7. The van der Waals surface area contributed by atoms with Crippen LogP contribution < -0.4 is 30.7 Å². The van der Waals surface area contributed by atoms with Crippen molar-refractivity contribution in [3.05, 3.63) is 100 Å². The molecule has 70 heavy (non-hydrogen) atoms. The zero-order chi connectivity index (χ0) is 50.3. The lowest BCUT2D eigenvalue weighted by atomic mass is 9.86. The third-order valence-corrected chi connectivity index (χ3v) is 12.8. The molecule has 0 radical (unpaired) electrons. The first-order valence-electron chi connectivity index (χ1n) is 23.6. The highest BCUT2D eigenvalue weighted by atomic mass is 19.4. The standard InChI is InChI=1S/C51H59F3N8O8/c1-30(2)70-42-26-35(31(3)25-39(42)59-43-27-38(36(28-57-43)51(52,53)54)58-37-15-9-8-13-33(37)47(65)55-4)32-19-23-61(24-20-32)22-11-7-6-10-21-56-44(63)29-69-41-16-12-14-34-46(41)50(68)62(48(34)66)40-17-18-45(64)60(5)49(40)67/h8-9,12-16,25-28,30,32,40H,6-7,10-11,17-24,29H2,1-5H3,(H,55,65)(H,56,63)(H2,57,58,59). The van der Waals surface area contributed by atoms with Crippen LogP contribution in [0.4, 0.5) is 36.1 Å². The number of hydrogen-bond acceptors (Lipinski definition) is 12. The number of nitrogens with one attached hydrogen (secondary N) is 4.